The molecular weight excluding hydrogens is 378 g/mol. The van der Waals surface area contributed by atoms with Crippen molar-refractivity contribution in [2.24, 2.45) is 0 Å². The van der Waals surface area contributed by atoms with Crippen molar-refractivity contribution in [1.82, 2.24) is 0 Å². The molecule has 0 N–H and O–H groups in total. The largest absolute Gasteiger partial charge is 0.465 e. The van der Waals surface area contributed by atoms with Gasteiger partial charge in [-0.25, -0.2) is 4.79 Å². The van der Waals surface area contributed by atoms with Crippen molar-refractivity contribution < 1.29 is 19.1 Å². The highest BCUT2D eigenvalue weighted by Gasteiger charge is 2.38. The first-order chi connectivity index (χ1) is 13.3. The van der Waals surface area contributed by atoms with Gasteiger partial charge in [0.25, 0.3) is 5.91 Å². The van der Waals surface area contributed by atoms with E-state index in [1.165, 1.54) is 18.9 Å². The van der Waals surface area contributed by atoms with Crippen LogP contribution in [0.2, 0.25) is 5.02 Å². The predicted molar refractivity (Wildman–Crippen MR) is 108 cm³/mol. The fourth-order valence-electron chi connectivity index (χ4n) is 3.08. The smallest absolute Gasteiger partial charge is 0.340 e. The molecule has 0 saturated heterocycles. The summed E-state index contributed by atoms with van der Waals surface area (Å²) in [6.45, 7) is 3.13. The van der Waals surface area contributed by atoms with Crippen molar-refractivity contribution in [3.05, 3.63) is 81.5 Å². The first kappa shape index (κ1) is 19.6. The summed E-state index contributed by atoms with van der Waals surface area (Å²) in [7, 11) is 1.27. The molecule has 0 aliphatic carbocycles. The number of amides is 1. The molecule has 28 heavy (non-hydrogen) atoms. The standard InChI is InChI=1S/C22H18ClNO4/c1-13-20(22(27)28-3)19(11-15-7-9-17(23)10-8-15)21(26)24(13)18-6-4-5-16(12-18)14(2)25/h4-12H,1-3H3/b19-11-. The van der Waals surface area contributed by atoms with Crippen molar-refractivity contribution in [3.63, 3.8) is 0 Å². The van der Waals surface area contributed by atoms with Crippen molar-refractivity contribution in [2.75, 3.05) is 12.0 Å². The van der Waals surface area contributed by atoms with E-state index in [1.807, 2.05) is 0 Å². The molecule has 0 unspecified atom stereocenters. The summed E-state index contributed by atoms with van der Waals surface area (Å²) in [5.41, 5.74) is 2.57. The highest BCUT2D eigenvalue weighted by molar-refractivity contribution is 6.30. The van der Waals surface area contributed by atoms with Crippen LogP contribution in [-0.4, -0.2) is 24.8 Å². The number of nitrogens with zero attached hydrogens (tertiary/aromatic N) is 1. The van der Waals surface area contributed by atoms with Crippen LogP contribution in [0.25, 0.3) is 6.08 Å². The summed E-state index contributed by atoms with van der Waals surface area (Å²) in [6.07, 6.45) is 1.63. The Bertz CT molecular complexity index is 1030. The third-order valence-electron chi connectivity index (χ3n) is 4.48. The minimum absolute atomic E-state index is 0.111. The number of allylic oxidation sites excluding steroid dienone is 1. The maximum absolute atomic E-state index is 13.2. The molecule has 3 rings (SSSR count). The Labute approximate surface area is 167 Å². The van der Waals surface area contributed by atoms with Gasteiger partial charge in [0.2, 0.25) is 0 Å². The fourth-order valence-corrected chi connectivity index (χ4v) is 3.21. The summed E-state index contributed by atoms with van der Waals surface area (Å²) < 4.78 is 4.89. The van der Waals surface area contributed by atoms with Crippen LogP contribution >= 0.6 is 11.6 Å². The molecule has 2 aromatic carbocycles. The zero-order chi connectivity index (χ0) is 20.4. The van der Waals surface area contributed by atoms with Gasteiger partial charge in [-0.2, -0.15) is 0 Å². The summed E-state index contributed by atoms with van der Waals surface area (Å²) in [5, 5.41) is 0.572. The first-order valence-corrected chi connectivity index (χ1v) is 8.93. The lowest BCUT2D eigenvalue weighted by molar-refractivity contribution is -0.136. The van der Waals surface area contributed by atoms with Gasteiger partial charge < -0.3 is 4.74 Å². The Morgan fingerprint density at radius 1 is 1.11 bits per heavy atom. The highest BCUT2D eigenvalue weighted by Crippen LogP contribution is 2.35. The second kappa shape index (κ2) is 7.82. The quantitative estimate of drug-likeness (QED) is 0.436. The number of ether oxygens (including phenoxy) is 1. The third kappa shape index (κ3) is 3.62. The molecule has 0 bridgehead atoms. The van der Waals surface area contributed by atoms with E-state index in [1.54, 1.807) is 61.5 Å². The Morgan fingerprint density at radius 3 is 2.39 bits per heavy atom. The zero-order valence-electron chi connectivity index (χ0n) is 15.7. The Hall–Kier alpha value is -3.18. The summed E-state index contributed by atoms with van der Waals surface area (Å²) >= 11 is 5.92. The SMILES string of the molecule is COC(=O)C1=C(C)N(c2cccc(C(C)=O)c2)C(=O)/C1=C\c1ccc(Cl)cc1. The van der Waals surface area contributed by atoms with Gasteiger partial charge in [-0.15, -0.1) is 0 Å². The molecule has 0 aromatic heterocycles. The second-order valence-electron chi connectivity index (χ2n) is 6.31. The number of rotatable bonds is 4. The van der Waals surface area contributed by atoms with Gasteiger partial charge in [0, 0.05) is 22.0 Å². The van der Waals surface area contributed by atoms with E-state index in [-0.39, 0.29) is 22.8 Å². The van der Waals surface area contributed by atoms with Crippen LogP contribution in [-0.2, 0) is 14.3 Å². The molecule has 1 aliphatic rings. The van der Waals surface area contributed by atoms with Crippen LogP contribution in [0, 0.1) is 0 Å². The number of carbonyl (C=O) groups is 3. The molecule has 6 heteroatoms. The van der Waals surface area contributed by atoms with Crippen molar-refractivity contribution in [2.45, 2.75) is 13.8 Å². The van der Waals surface area contributed by atoms with Crippen LogP contribution in [0.4, 0.5) is 5.69 Å². The zero-order valence-corrected chi connectivity index (χ0v) is 16.4. The fraction of sp³-hybridized carbons (Fsp3) is 0.136. The number of hydrogen-bond donors (Lipinski definition) is 0. The molecule has 1 aliphatic heterocycles. The number of methoxy groups -OCH3 is 1. The molecule has 5 nitrogen and oxygen atoms in total. The van der Waals surface area contributed by atoms with Gasteiger partial charge in [0.05, 0.1) is 18.3 Å². The van der Waals surface area contributed by atoms with Crippen molar-refractivity contribution in [1.29, 1.82) is 0 Å². The van der Waals surface area contributed by atoms with Crippen LogP contribution in [0.5, 0.6) is 0 Å². The lowest BCUT2D eigenvalue weighted by atomic mass is 10.0. The topological polar surface area (TPSA) is 63.7 Å². The number of ketones is 1. The lowest BCUT2D eigenvalue weighted by Crippen LogP contribution is -2.24. The van der Waals surface area contributed by atoms with E-state index >= 15 is 0 Å². The lowest BCUT2D eigenvalue weighted by Gasteiger charge is -2.18. The molecule has 0 fully saturated rings. The molecule has 142 valence electrons. The minimum Gasteiger partial charge on any atom is -0.465 e. The van der Waals surface area contributed by atoms with Gasteiger partial charge in [0.15, 0.2) is 5.78 Å². The minimum atomic E-state index is -0.601. The van der Waals surface area contributed by atoms with E-state index in [0.717, 1.165) is 5.56 Å². The van der Waals surface area contributed by atoms with Crippen LogP contribution in [0.1, 0.15) is 29.8 Å². The predicted octanol–water partition coefficient (Wildman–Crippen LogP) is 4.42. The molecular formula is C22H18ClNO4. The Kier molecular flexibility index (Phi) is 5.47. The number of anilines is 1. The van der Waals surface area contributed by atoms with E-state index in [4.69, 9.17) is 16.3 Å². The van der Waals surface area contributed by atoms with Crippen LogP contribution in [0.15, 0.2) is 65.4 Å². The molecule has 0 spiro atoms. The maximum Gasteiger partial charge on any atom is 0.340 e. The average Bonchev–Trinajstić information content (AvgIpc) is 2.93. The highest BCUT2D eigenvalue weighted by atomic mass is 35.5. The molecule has 1 heterocycles. The molecule has 0 saturated carbocycles. The number of benzene rings is 2. The van der Waals surface area contributed by atoms with Crippen LogP contribution in [0.3, 0.4) is 0 Å². The molecule has 0 radical (unpaired) electrons. The molecule has 1 amide bonds. The first-order valence-electron chi connectivity index (χ1n) is 8.55. The summed E-state index contributed by atoms with van der Waals surface area (Å²) in [4.78, 5) is 38.7. The van der Waals surface area contributed by atoms with Gasteiger partial charge in [-0.1, -0.05) is 35.9 Å². The van der Waals surface area contributed by atoms with E-state index in [9.17, 15) is 14.4 Å². The van der Waals surface area contributed by atoms with E-state index < -0.39 is 5.97 Å². The normalized spacial score (nSPS) is 15.4. The number of Topliss-reactive ketones (excluding diaryl/α,β-unsaturated/α-hetero) is 1. The monoisotopic (exact) mass is 395 g/mol. The Morgan fingerprint density at radius 2 is 1.79 bits per heavy atom. The van der Waals surface area contributed by atoms with E-state index in [0.29, 0.717) is 22.0 Å². The number of hydrogen-bond acceptors (Lipinski definition) is 4. The summed E-state index contributed by atoms with van der Waals surface area (Å²) in [6, 6.07) is 13.6. The molecule has 2 aromatic rings. The number of carbonyl (C=O) groups excluding carboxylic acids is 3. The molecule has 0 atom stereocenters. The van der Waals surface area contributed by atoms with Gasteiger partial charge >= 0.3 is 5.97 Å². The van der Waals surface area contributed by atoms with Gasteiger partial charge in [-0.05, 0) is 49.8 Å². The van der Waals surface area contributed by atoms with Crippen LogP contribution < -0.4 is 4.90 Å². The maximum atomic E-state index is 13.2. The third-order valence-corrected chi connectivity index (χ3v) is 4.73. The van der Waals surface area contributed by atoms with Gasteiger partial charge in [0.1, 0.15) is 0 Å². The average molecular weight is 396 g/mol. The van der Waals surface area contributed by atoms with Gasteiger partial charge in [-0.3, -0.25) is 14.5 Å². The number of halogens is 1. The second-order valence-corrected chi connectivity index (χ2v) is 6.75. The summed E-state index contributed by atoms with van der Waals surface area (Å²) in [5.74, 6) is -1.08. The Balaban J connectivity index is 2.14. The van der Waals surface area contributed by atoms with E-state index in [2.05, 4.69) is 0 Å². The van der Waals surface area contributed by atoms with Crippen molar-refractivity contribution in [3.8, 4) is 0 Å². The van der Waals surface area contributed by atoms with Crippen molar-refractivity contribution >= 4 is 41.0 Å². The number of esters is 1.